The molecule has 1 aliphatic heterocycles. The summed E-state index contributed by atoms with van der Waals surface area (Å²) in [6.45, 7) is 4.01. The van der Waals surface area contributed by atoms with Crippen molar-refractivity contribution in [3.05, 3.63) is 83.8 Å². The van der Waals surface area contributed by atoms with Gasteiger partial charge in [0, 0.05) is 11.3 Å². The third-order valence-electron chi connectivity index (χ3n) is 3.61. The predicted molar refractivity (Wildman–Crippen MR) is 89.3 cm³/mol. The zero-order valence-electron chi connectivity index (χ0n) is 11.4. The Morgan fingerprint density at radius 3 is 2.43 bits per heavy atom. The van der Waals surface area contributed by atoms with Crippen molar-refractivity contribution in [1.29, 1.82) is 0 Å². The topological polar surface area (TPSA) is 12.0 Å². The number of benzene rings is 2. The Morgan fingerprint density at radius 2 is 1.71 bits per heavy atom. The maximum absolute atomic E-state index is 14.2. The van der Waals surface area contributed by atoms with Gasteiger partial charge in [-0.15, -0.1) is 0 Å². The molecule has 0 amide bonds. The molecule has 0 radical (unpaired) electrons. The zero-order chi connectivity index (χ0) is 14.8. The molecule has 0 saturated heterocycles. The first-order chi connectivity index (χ1) is 10.2. The van der Waals surface area contributed by atoms with Crippen molar-refractivity contribution in [1.82, 2.24) is 5.32 Å². The smallest absolute Gasteiger partial charge is 0.132 e. The SMILES string of the molecule is C=C1NC(c2ccccc2F)=C(c2ccccc2)CC1Br. The molecule has 1 atom stereocenters. The minimum absolute atomic E-state index is 0.142. The van der Waals surface area contributed by atoms with Crippen LogP contribution in [0.4, 0.5) is 4.39 Å². The van der Waals surface area contributed by atoms with Crippen LogP contribution in [-0.4, -0.2) is 4.83 Å². The molecular formula is C18H15BrFN. The van der Waals surface area contributed by atoms with Crippen LogP contribution in [0.25, 0.3) is 11.3 Å². The lowest BCUT2D eigenvalue weighted by molar-refractivity contribution is 0.622. The van der Waals surface area contributed by atoms with Crippen molar-refractivity contribution in [3.63, 3.8) is 0 Å². The minimum Gasteiger partial charge on any atom is -0.358 e. The molecule has 1 nitrogen and oxygen atoms in total. The largest absolute Gasteiger partial charge is 0.358 e. The van der Waals surface area contributed by atoms with Crippen molar-refractivity contribution >= 4 is 27.2 Å². The summed E-state index contributed by atoms with van der Waals surface area (Å²) in [6, 6.07) is 16.9. The quantitative estimate of drug-likeness (QED) is 0.759. The number of alkyl halides is 1. The Labute approximate surface area is 132 Å². The van der Waals surface area contributed by atoms with E-state index < -0.39 is 0 Å². The Kier molecular flexibility index (Phi) is 3.93. The van der Waals surface area contributed by atoms with Crippen molar-refractivity contribution in [2.75, 3.05) is 0 Å². The second-order valence-electron chi connectivity index (χ2n) is 5.02. The van der Waals surface area contributed by atoms with Gasteiger partial charge in [0.15, 0.2) is 0 Å². The summed E-state index contributed by atoms with van der Waals surface area (Å²) in [4.78, 5) is 0.142. The lowest BCUT2D eigenvalue weighted by Crippen LogP contribution is -2.25. The van der Waals surface area contributed by atoms with E-state index in [1.54, 1.807) is 12.1 Å². The van der Waals surface area contributed by atoms with Crippen LogP contribution in [0.1, 0.15) is 17.5 Å². The van der Waals surface area contributed by atoms with Crippen molar-refractivity contribution in [3.8, 4) is 0 Å². The van der Waals surface area contributed by atoms with E-state index in [1.165, 1.54) is 6.07 Å². The molecule has 2 aromatic rings. The van der Waals surface area contributed by atoms with E-state index in [-0.39, 0.29) is 10.6 Å². The molecule has 3 rings (SSSR count). The third kappa shape index (κ3) is 2.79. The fourth-order valence-electron chi connectivity index (χ4n) is 2.51. The van der Waals surface area contributed by atoms with E-state index in [1.807, 2.05) is 36.4 Å². The van der Waals surface area contributed by atoms with E-state index in [4.69, 9.17) is 0 Å². The molecular weight excluding hydrogens is 329 g/mol. The molecule has 0 fully saturated rings. The summed E-state index contributed by atoms with van der Waals surface area (Å²) in [5.74, 6) is -0.228. The number of halogens is 2. The first-order valence-corrected chi connectivity index (χ1v) is 7.71. The summed E-state index contributed by atoms with van der Waals surface area (Å²) >= 11 is 3.62. The van der Waals surface area contributed by atoms with Gasteiger partial charge in [-0.3, -0.25) is 0 Å². The number of hydrogen-bond donors (Lipinski definition) is 1. The fourth-order valence-corrected chi connectivity index (χ4v) is 2.95. The van der Waals surface area contributed by atoms with Gasteiger partial charge >= 0.3 is 0 Å². The molecule has 3 heteroatoms. The fraction of sp³-hybridized carbons (Fsp3) is 0.111. The normalized spacial score (nSPS) is 18.6. The second-order valence-corrected chi connectivity index (χ2v) is 6.13. The van der Waals surface area contributed by atoms with Crippen LogP contribution in [0.5, 0.6) is 0 Å². The monoisotopic (exact) mass is 343 g/mol. The molecule has 0 bridgehead atoms. The van der Waals surface area contributed by atoms with E-state index >= 15 is 0 Å². The van der Waals surface area contributed by atoms with Gasteiger partial charge in [0.2, 0.25) is 0 Å². The molecule has 1 heterocycles. The van der Waals surface area contributed by atoms with Gasteiger partial charge < -0.3 is 5.32 Å². The number of allylic oxidation sites excluding steroid dienone is 2. The minimum atomic E-state index is -0.228. The summed E-state index contributed by atoms with van der Waals surface area (Å²) in [6.07, 6.45) is 0.777. The van der Waals surface area contributed by atoms with Crippen molar-refractivity contribution in [2.45, 2.75) is 11.2 Å². The van der Waals surface area contributed by atoms with Crippen LogP contribution in [0.3, 0.4) is 0 Å². The highest BCUT2D eigenvalue weighted by Gasteiger charge is 2.24. The van der Waals surface area contributed by atoms with Gasteiger partial charge in [0.25, 0.3) is 0 Å². The number of nitrogens with one attached hydrogen (secondary N) is 1. The zero-order valence-corrected chi connectivity index (χ0v) is 13.0. The summed E-state index contributed by atoms with van der Waals surface area (Å²) < 4.78 is 14.2. The van der Waals surface area contributed by atoms with Crippen LogP contribution in [0, 0.1) is 5.82 Å². The van der Waals surface area contributed by atoms with Crippen molar-refractivity contribution < 1.29 is 4.39 Å². The van der Waals surface area contributed by atoms with E-state index in [2.05, 4.69) is 27.8 Å². The number of rotatable bonds is 2. The van der Waals surface area contributed by atoms with Crippen LogP contribution in [-0.2, 0) is 0 Å². The molecule has 1 aliphatic rings. The molecule has 2 aromatic carbocycles. The van der Waals surface area contributed by atoms with E-state index in [0.29, 0.717) is 5.56 Å². The van der Waals surface area contributed by atoms with Gasteiger partial charge in [-0.2, -0.15) is 0 Å². The average molecular weight is 344 g/mol. The van der Waals surface area contributed by atoms with Gasteiger partial charge in [-0.05, 0) is 29.7 Å². The first-order valence-electron chi connectivity index (χ1n) is 6.80. The van der Waals surface area contributed by atoms with Gasteiger partial charge in [-0.1, -0.05) is 65.0 Å². The number of hydrogen-bond acceptors (Lipinski definition) is 1. The standard InChI is InChI=1S/C18H15BrFN/c1-12-16(19)11-15(13-7-3-2-4-8-13)18(21-12)14-9-5-6-10-17(14)20/h2-10,16,21H,1,11H2. The van der Waals surface area contributed by atoms with E-state index in [0.717, 1.165) is 29.0 Å². The Morgan fingerprint density at radius 1 is 1.05 bits per heavy atom. The molecule has 1 N–H and O–H groups in total. The maximum atomic E-state index is 14.2. The molecule has 0 aliphatic carbocycles. The summed E-state index contributed by atoms with van der Waals surface area (Å²) in [5.41, 5.74) is 4.43. The highest BCUT2D eigenvalue weighted by molar-refractivity contribution is 9.09. The molecule has 0 saturated carbocycles. The van der Waals surface area contributed by atoms with Crippen LogP contribution < -0.4 is 5.32 Å². The lowest BCUT2D eigenvalue weighted by atomic mass is 9.92. The average Bonchev–Trinajstić information content (AvgIpc) is 2.51. The Hall–Kier alpha value is -1.87. The maximum Gasteiger partial charge on any atom is 0.132 e. The van der Waals surface area contributed by atoms with Crippen LogP contribution >= 0.6 is 15.9 Å². The molecule has 0 spiro atoms. The van der Waals surface area contributed by atoms with Gasteiger partial charge in [0.1, 0.15) is 5.82 Å². The molecule has 0 aromatic heterocycles. The highest BCUT2D eigenvalue weighted by atomic mass is 79.9. The molecule has 1 unspecified atom stereocenters. The first kappa shape index (κ1) is 14.1. The van der Waals surface area contributed by atoms with Gasteiger partial charge in [0.05, 0.1) is 10.5 Å². The van der Waals surface area contributed by atoms with Gasteiger partial charge in [-0.25, -0.2) is 4.39 Å². The van der Waals surface area contributed by atoms with Crippen molar-refractivity contribution in [2.24, 2.45) is 0 Å². The second kappa shape index (κ2) is 5.86. The predicted octanol–water partition coefficient (Wildman–Crippen LogP) is 4.96. The van der Waals surface area contributed by atoms with Crippen LogP contribution in [0.2, 0.25) is 0 Å². The Bertz CT molecular complexity index is 706. The third-order valence-corrected chi connectivity index (χ3v) is 4.49. The molecule has 106 valence electrons. The Balaban J connectivity index is 2.19. The summed E-state index contributed by atoms with van der Waals surface area (Å²) in [5, 5.41) is 3.27. The van der Waals surface area contributed by atoms with Crippen LogP contribution in [0.15, 0.2) is 66.9 Å². The summed E-state index contributed by atoms with van der Waals surface area (Å²) in [7, 11) is 0. The lowest BCUT2D eigenvalue weighted by Gasteiger charge is -2.28. The van der Waals surface area contributed by atoms with E-state index in [9.17, 15) is 4.39 Å². The molecule has 21 heavy (non-hydrogen) atoms. The highest BCUT2D eigenvalue weighted by Crippen LogP contribution is 2.37.